The molecule has 0 unspecified atom stereocenters. The molecule has 0 radical (unpaired) electrons. The molecule has 2 N–H and O–H groups in total. The Bertz CT molecular complexity index is 1260. The molecule has 3 aromatic rings. The molecule has 1 aromatic heterocycles. The van der Waals surface area contributed by atoms with Crippen molar-refractivity contribution in [2.45, 2.75) is 18.2 Å². The van der Waals surface area contributed by atoms with Crippen LogP contribution in [0.1, 0.15) is 23.7 Å². The third-order valence-electron chi connectivity index (χ3n) is 6.76. The lowest BCUT2D eigenvalue weighted by Gasteiger charge is -2.34. The fraction of sp³-hybridized carbons (Fsp3) is 0.393. The van der Waals surface area contributed by atoms with Crippen molar-refractivity contribution in [1.82, 2.24) is 20.2 Å². The SMILES string of the molecule is CCCN1Sc2cnc(Nc3ccc(N4CCN(C)CC4)cc3)nc2-c2ccc(C(=O)NCCOC)cc21. The number of aromatic nitrogens is 2. The predicted molar refractivity (Wildman–Crippen MR) is 155 cm³/mol. The highest BCUT2D eigenvalue weighted by Gasteiger charge is 2.26. The third kappa shape index (κ3) is 5.87. The summed E-state index contributed by atoms with van der Waals surface area (Å²) in [5, 5.41) is 6.27. The Morgan fingerprint density at radius 2 is 1.89 bits per heavy atom. The molecule has 10 heteroatoms. The molecule has 200 valence electrons. The fourth-order valence-electron chi connectivity index (χ4n) is 4.63. The van der Waals surface area contributed by atoms with E-state index in [0.717, 1.165) is 66.7 Å². The van der Waals surface area contributed by atoms with E-state index in [-0.39, 0.29) is 5.91 Å². The van der Waals surface area contributed by atoms with Gasteiger partial charge in [-0.05, 0) is 67.9 Å². The maximum absolute atomic E-state index is 12.7. The normalized spacial score (nSPS) is 15.1. The van der Waals surface area contributed by atoms with Crippen LogP contribution in [-0.4, -0.2) is 80.8 Å². The van der Waals surface area contributed by atoms with E-state index in [1.165, 1.54) is 5.69 Å². The van der Waals surface area contributed by atoms with Gasteiger partial charge in [0.05, 0.1) is 22.9 Å². The molecule has 2 aliphatic rings. The van der Waals surface area contributed by atoms with Gasteiger partial charge in [-0.3, -0.25) is 4.79 Å². The average Bonchev–Trinajstić information content (AvgIpc) is 2.94. The zero-order chi connectivity index (χ0) is 26.5. The van der Waals surface area contributed by atoms with Crippen LogP contribution in [0, 0.1) is 0 Å². The van der Waals surface area contributed by atoms with Gasteiger partial charge in [-0.15, -0.1) is 0 Å². The molecule has 38 heavy (non-hydrogen) atoms. The van der Waals surface area contributed by atoms with Gasteiger partial charge < -0.3 is 29.5 Å². The van der Waals surface area contributed by atoms with E-state index in [0.29, 0.717) is 24.7 Å². The molecule has 1 amide bonds. The molecule has 9 nitrogen and oxygen atoms in total. The van der Waals surface area contributed by atoms with Crippen molar-refractivity contribution in [3.8, 4) is 11.3 Å². The minimum Gasteiger partial charge on any atom is -0.383 e. The number of benzene rings is 2. The lowest BCUT2D eigenvalue weighted by atomic mass is 10.0. The van der Waals surface area contributed by atoms with Crippen LogP contribution in [-0.2, 0) is 4.74 Å². The number of carbonyl (C=O) groups is 1. The highest BCUT2D eigenvalue weighted by atomic mass is 32.2. The van der Waals surface area contributed by atoms with Crippen molar-refractivity contribution in [2.24, 2.45) is 0 Å². The van der Waals surface area contributed by atoms with Crippen molar-refractivity contribution in [2.75, 3.05) is 74.6 Å². The summed E-state index contributed by atoms with van der Waals surface area (Å²) in [6.45, 7) is 8.20. The number of fused-ring (bicyclic) bond motifs is 3. The van der Waals surface area contributed by atoms with Gasteiger partial charge in [0.1, 0.15) is 0 Å². The Morgan fingerprint density at radius 1 is 1.11 bits per heavy atom. The van der Waals surface area contributed by atoms with Gasteiger partial charge in [0.25, 0.3) is 5.91 Å². The molecule has 3 heterocycles. The summed E-state index contributed by atoms with van der Waals surface area (Å²) in [6, 6.07) is 14.3. The van der Waals surface area contributed by atoms with Crippen LogP contribution < -0.4 is 19.8 Å². The number of hydrogen-bond donors (Lipinski definition) is 2. The Balaban J connectivity index is 1.36. The van der Waals surface area contributed by atoms with Gasteiger partial charge in [0.2, 0.25) is 5.95 Å². The Kier molecular flexibility index (Phi) is 8.31. The molecule has 5 rings (SSSR count). The first-order valence-corrected chi connectivity index (χ1v) is 13.9. The second-order valence-electron chi connectivity index (χ2n) is 9.54. The summed E-state index contributed by atoms with van der Waals surface area (Å²) in [7, 11) is 3.79. The maximum Gasteiger partial charge on any atom is 0.251 e. The second kappa shape index (κ2) is 12.0. The van der Waals surface area contributed by atoms with Gasteiger partial charge in [-0.25, -0.2) is 9.97 Å². The summed E-state index contributed by atoms with van der Waals surface area (Å²) in [5.74, 6) is 0.440. The van der Waals surface area contributed by atoms with Crippen LogP contribution in [0.5, 0.6) is 0 Å². The fourth-order valence-corrected chi connectivity index (χ4v) is 5.73. The van der Waals surface area contributed by atoms with Crippen LogP contribution in [0.3, 0.4) is 0 Å². The summed E-state index contributed by atoms with van der Waals surface area (Å²) in [5.41, 5.74) is 5.66. The lowest BCUT2D eigenvalue weighted by molar-refractivity contribution is 0.0937. The topological polar surface area (TPSA) is 85.9 Å². The number of methoxy groups -OCH3 is 1. The number of likely N-dealkylation sites (N-methyl/N-ethyl adjacent to an activating group) is 1. The highest BCUT2D eigenvalue weighted by molar-refractivity contribution is 8.00. The molecular formula is C28H35N7O2S. The molecule has 0 bridgehead atoms. The van der Waals surface area contributed by atoms with E-state index in [9.17, 15) is 4.79 Å². The van der Waals surface area contributed by atoms with Crippen molar-refractivity contribution < 1.29 is 9.53 Å². The number of piperazine rings is 1. The largest absolute Gasteiger partial charge is 0.383 e. The maximum atomic E-state index is 12.7. The number of anilines is 4. The van der Waals surface area contributed by atoms with Crippen molar-refractivity contribution in [3.63, 3.8) is 0 Å². The van der Waals surface area contributed by atoms with Gasteiger partial charge in [0, 0.05) is 75.1 Å². The van der Waals surface area contributed by atoms with Gasteiger partial charge in [-0.2, -0.15) is 0 Å². The number of nitrogens with zero attached hydrogens (tertiary/aromatic N) is 5. The molecule has 0 atom stereocenters. The summed E-state index contributed by atoms with van der Waals surface area (Å²) in [6.07, 6.45) is 2.86. The molecule has 0 spiro atoms. The summed E-state index contributed by atoms with van der Waals surface area (Å²) < 4.78 is 7.27. The zero-order valence-corrected chi connectivity index (χ0v) is 23.1. The highest BCUT2D eigenvalue weighted by Crippen LogP contribution is 2.46. The number of carbonyl (C=O) groups excluding carboxylic acids is 1. The molecule has 2 aromatic carbocycles. The summed E-state index contributed by atoms with van der Waals surface area (Å²) >= 11 is 1.62. The Morgan fingerprint density at radius 3 is 2.63 bits per heavy atom. The molecule has 0 saturated carbocycles. The molecule has 2 aliphatic heterocycles. The molecule has 1 fully saturated rings. The Labute approximate surface area is 228 Å². The minimum absolute atomic E-state index is 0.109. The number of ether oxygens (including phenoxy) is 1. The molecule has 1 saturated heterocycles. The second-order valence-corrected chi connectivity index (χ2v) is 10.6. The van der Waals surface area contributed by atoms with Gasteiger partial charge >= 0.3 is 0 Å². The minimum atomic E-state index is -0.109. The Hall–Kier alpha value is -3.34. The van der Waals surface area contributed by atoms with E-state index in [2.05, 4.69) is 68.0 Å². The van der Waals surface area contributed by atoms with Crippen LogP contribution in [0.15, 0.2) is 53.6 Å². The van der Waals surface area contributed by atoms with E-state index in [1.54, 1.807) is 19.1 Å². The van der Waals surface area contributed by atoms with Crippen LogP contribution >= 0.6 is 11.9 Å². The summed E-state index contributed by atoms with van der Waals surface area (Å²) in [4.78, 5) is 28.0. The smallest absolute Gasteiger partial charge is 0.251 e. The quantitative estimate of drug-likeness (QED) is 0.310. The van der Waals surface area contributed by atoms with Gasteiger partial charge in [-0.1, -0.05) is 6.92 Å². The number of amides is 1. The van der Waals surface area contributed by atoms with E-state index in [4.69, 9.17) is 9.72 Å². The van der Waals surface area contributed by atoms with Crippen molar-refractivity contribution in [3.05, 3.63) is 54.2 Å². The zero-order valence-electron chi connectivity index (χ0n) is 22.2. The van der Waals surface area contributed by atoms with E-state index >= 15 is 0 Å². The first-order chi connectivity index (χ1) is 18.6. The average molecular weight is 534 g/mol. The van der Waals surface area contributed by atoms with E-state index in [1.807, 2.05) is 24.4 Å². The van der Waals surface area contributed by atoms with Crippen LogP contribution in [0.4, 0.5) is 23.0 Å². The predicted octanol–water partition coefficient (Wildman–Crippen LogP) is 4.25. The number of nitrogens with one attached hydrogen (secondary N) is 2. The third-order valence-corrected chi connectivity index (χ3v) is 7.85. The number of hydrogen-bond acceptors (Lipinski definition) is 9. The molecule has 0 aliphatic carbocycles. The number of rotatable bonds is 9. The standard InChI is InChI=1S/C28H35N7O2S/c1-4-12-35-24-18-20(27(36)29-11-17-37-3)5-10-23(24)26-25(38-35)19-30-28(32-26)31-21-6-8-22(9-7-21)34-15-13-33(2)14-16-34/h5-10,18-19H,4,11-17H2,1-3H3,(H,29,36)(H,30,31,32). The van der Waals surface area contributed by atoms with Crippen LogP contribution in [0.2, 0.25) is 0 Å². The van der Waals surface area contributed by atoms with Crippen molar-refractivity contribution in [1.29, 1.82) is 0 Å². The molecular weight excluding hydrogens is 498 g/mol. The first kappa shape index (κ1) is 26.3. The lowest BCUT2D eigenvalue weighted by Crippen LogP contribution is -2.44. The van der Waals surface area contributed by atoms with Crippen LogP contribution in [0.25, 0.3) is 11.3 Å². The van der Waals surface area contributed by atoms with Crippen molar-refractivity contribution >= 4 is 40.9 Å². The van der Waals surface area contributed by atoms with E-state index < -0.39 is 0 Å². The first-order valence-electron chi connectivity index (χ1n) is 13.1. The monoisotopic (exact) mass is 533 g/mol. The van der Waals surface area contributed by atoms with Gasteiger partial charge in [0.15, 0.2) is 0 Å².